The molecule has 1 aromatic heterocycles. The van der Waals surface area contributed by atoms with E-state index in [4.69, 9.17) is 11.6 Å². The number of halogens is 1. The summed E-state index contributed by atoms with van der Waals surface area (Å²) in [6, 6.07) is 0.573. The van der Waals surface area contributed by atoms with Crippen molar-refractivity contribution in [2.45, 2.75) is 39.3 Å². The van der Waals surface area contributed by atoms with Gasteiger partial charge in [0.05, 0.1) is 12.7 Å². The lowest BCUT2D eigenvalue weighted by atomic mass is 9.98. The van der Waals surface area contributed by atoms with Crippen LogP contribution in [0, 0.1) is 5.92 Å². The van der Waals surface area contributed by atoms with E-state index in [2.05, 4.69) is 29.0 Å². The number of rotatable bonds is 5. The van der Waals surface area contributed by atoms with E-state index >= 15 is 0 Å². The lowest BCUT2D eigenvalue weighted by Crippen LogP contribution is -2.40. The summed E-state index contributed by atoms with van der Waals surface area (Å²) in [5.74, 6) is 1.81. The van der Waals surface area contributed by atoms with Gasteiger partial charge in [0.15, 0.2) is 0 Å². The molecule has 0 aromatic carbocycles. The van der Waals surface area contributed by atoms with Gasteiger partial charge in [0, 0.05) is 19.6 Å². The number of imidazole rings is 1. The molecule has 0 saturated carbocycles. The third-order valence-corrected chi connectivity index (χ3v) is 4.16. The zero-order chi connectivity index (χ0) is 13.8. The molecule has 1 aliphatic heterocycles. The average Bonchev–Trinajstić information content (AvgIpc) is 2.69. The van der Waals surface area contributed by atoms with Crippen LogP contribution in [0.5, 0.6) is 0 Å². The van der Waals surface area contributed by atoms with Gasteiger partial charge in [0.25, 0.3) is 0 Å². The summed E-state index contributed by atoms with van der Waals surface area (Å²) in [6.07, 6.45) is 4.35. The molecule has 0 aliphatic carbocycles. The molecule has 2 rings (SSSR count). The Kier molecular flexibility index (Phi) is 5.25. The molecule has 1 aromatic rings. The molecule has 0 amide bonds. The fourth-order valence-corrected chi connectivity index (χ4v) is 2.78. The molecule has 0 spiro atoms. The molecule has 1 unspecified atom stereocenters. The van der Waals surface area contributed by atoms with Crippen molar-refractivity contribution in [2.75, 3.05) is 19.6 Å². The molecule has 0 radical (unpaired) electrons. The SMILES string of the molecule is CC(C)NCC1CCCN(Cc2ncc(Cl)n2C)C1. The van der Waals surface area contributed by atoms with Crippen LogP contribution in [-0.4, -0.2) is 40.1 Å². The van der Waals surface area contributed by atoms with Crippen molar-refractivity contribution in [3.8, 4) is 0 Å². The normalized spacial score (nSPS) is 21.2. The summed E-state index contributed by atoms with van der Waals surface area (Å²) in [4.78, 5) is 6.88. The maximum absolute atomic E-state index is 6.03. The lowest BCUT2D eigenvalue weighted by Gasteiger charge is -2.33. The van der Waals surface area contributed by atoms with Crippen LogP contribution < -0.4 is 5.32 Å². The van der Waals surface area contributed by atoms with Crippen molar-refractivity contribution >= 4 is 11.6 Å². The van der Waals surface area contributed by atoms with E-state index in [1.807, 2.05) is 11.6 Å². The molecule has 0 bridgehead atoms. The van der Waals surface area contributed by atoms with Gasteiger partial charge in [-0.25, -0.2) is 4.98 Å². The number of nitrogens with one attached hydrogen (secondary N) is 1. The minimum absolute atomic E-state index is 0.573. The molecule has 2 heterocycles. The first kappa shape index (κ1) is 14.8. The highest BCUT2D eigenvalue weighted by Gasteiger charge is 2.21. The Morgan fingerprint density at radius 2 is 2.32 bits per heavy atom. The Morgan fingerprint density at radius 3 is 2.95 bits per heavy atom. The van der Waals surface area contributed by atoms with Gasteiger partial charge in [0.2, 0.25) is 0 Å². The second-order valence-corrected chi connectivity index (χ2v) is 6.25. The summed E-state index contributed by atoms with van der Waals surface area (Å²) in [5.41, 5.74) is 0. The fraction of sp³-hybridized carbons (Fsp3) is 0.786. The topological polar surface area (TPSA) is 33.1 Å². The van der Waals surface area contributed by atoms with Crippen molar-refractivity contribution in [1.82, 2.24) is 19.8 Å². The van der Waals surface area contributed by atoms with Gasteiger partial charge in [-0.2, -0.15) is 0 Å². The zero-order valence-electron chi connectivity index (χ0n) is 12.2. The summed E-state index contributed by atoms with van der Waals surface area (Å²) in [5, 5.41) is 4.26. The molecule has 4 nitrogen and oxygen atoms in total. The van der Waals surface area contributed by atoms with Crippen LogP contribution >= 0.6 is 11.6 Å². The van der Waals surface area contributed by atoms with Gasteiger partial charge in [-0.15, -0.1) is 0 Å². The Balaban J connectivity index is 1.85. The minimum Gasteiger partial charge on any atom is -0.321 e. The Bertz CT molecular complexity index is 402. The first-order valence-electron chi connectivity index (χ1n) is 7.18. The highest BCUT2D eigenvalue weighted by atomic mass is 35.5. The third-order valence-electron chi connectivity index (χ3n) is 3.81. The molecule has 5 heteroatoms. The number of likely N-dealkylation sites (tertiary alicyclic amines) is 1. The molecule has 1 aliphatic rings. The van der Waals surface area contributed by atoms with Crippen molar-refractivity contribution in [3.05, 3.63) is 17.2 Å². The molecule has 1 atom stereocenters. The standard InChI is InChI=1S/C14H25ClN4/c1-11(2)16-7-12-5-4-6-19(9-12)10-14-17-8-13(15)18(14)3/h8,11-12,16H,4-7,9-10H2,1-3H3. The minimum atomic E-state index is 0.573. The largest absolute Gasteiger partial charge is 0.321 e. The summed E-state index contributed by atoms with van der Waals surface area (Å²) in [6.45, 7) is 8.76. The second kappa shape index (κ2) is 6.73. The van der Waals surface area contributed by atoms with Crippen LogP contribution in [-0.2, 0) is 13.6 Å². The van der Waals surface area contributed by atoms with Crippen LogP contribution in [0.15, 0.2) is 6.20 Å². The van der Waals surface area contributed by atoms with Crippen LogP contribution in [0.4, 0.5) is 0 Å². The smallest absolute Gasteiger partial charge is 0.128 e. The molecule has 1 N–H and O–H groups in total. The van der Waals surface area contributed by atoms with E-state index in [9.17, 15) is 0 Å². The van der Waals surface area contributed by atoms with Gasteiger partial charge in [-0.3, -0.25) is 4.90 Å². The van der Waals surface area contributed by atoms with Gasteiger partial charge in [0.1, 0.15) is 11.0 Å². The van der Waals surface area contributed by atoms with Crippen molar-refractivity contribution in [3.63, 3.8) is 0 Å². The number of hydrogen-bond donors (Lipinski definition) is 1. The lowest BCUT2D eigenvalue weighted by molar-refractivity contribution is 0.159. The van der Waals surface area contributed by atoms with Gasteiger partial charge >= 0.3 is 0 Å². The average molecular weight is 285 g/mol. The van der Waals surface area contributed by atoms with Gasteiger partial charge in [-0.05, 0) is 31.8 Å². The first-order valence-corrected chi connectivity index (χ1v) is 7.56. The van der Waals surface area contributed by atoms with E-state index in [0.29, 0.717) is 11.2 Å². The Labute approximate surface area is 121 Å². The summed E-state index contributed by atoms with van der Waals surface area (Å²) < 4.78 is 1.97. The van der Waals surface area contributed by atoms with Crippen LogP contribution in [0.1, 0.15) is 32.5 Å². The van der Waals surface area contributed by atoms with Crippen LogP contribution in [0.2, 0.25) is 5.15 Å². The molecule has 1 saturated heterocycles. The fourth-order valence-electron chi connectivity index (χ4n) is 2.64. The molecular formula is C14H25ClN4. The number of nitrogens with zero attached hydrogens (tertiary/aromatic N) is 3. The quantitative estimate of drug-likeness (QED) is 0.901. The monoisotopic (exact) mass is 284 g/mol. The van der Waals surface area contributed by atoms with E-state index in [1.54, 1.807) is 6.20 Å². The van der Waals surface area contributed by atoms with E-state index in [1.165, 1.54) is 19.4 Å². The van der Waals surface area contributed by atoms with Crippen LogP contribution in [0.25, 0.3) is 0 Å². The van der Waals surface area contributed by atoms with Crippen molar-refractivity contribution < 1.29 is 0 Å². The molecular weight excluding hydrogens is 260 g/mol. The molecule has 108 valence electrons. The van der Waals surface area contributed by atoms with Crippen molar-refractivity contribution in [1.29, 1.82) is 0 Å². The maximum Gasteiger partial charge on any atom is 0.128 e. The molecule has 19 heavy (non-hydrogen) atoms. The third kappa shape index (κ3) is 4.20. The predicted octanol–water partition coefficient (Wildman–Crippen LogP) is 2.28. The maximum atomic E-state index is 6.03. The first-order chi connectivity index (χ1) is 9.06. The van der Waals surface area contributed by atoms with E-state index in [0.717, 1.165) is 31.4 Å². The van der Waals surface area contributed by atoms with Crippen LogP contribution in [0.3, 0.4) is 0 Å². The number of aromatic nitrogens is 2. The predicted molar refractivity (Wildman–Crippen MR) is 79.4 cm³/mol. The summed E-state index contributed by atoms with van der Waals surface area (Å²) >= 11 is 6.03. The Hall–Kier alpha value is -0.580. The molecule has 1 fully saturated rings. The van der Waals surface area contributed by atoms with Gasteiger partial charge < -0.3 is 9.88 Å². The van der Waals surface area contributed by atoms with E-state index in [-0.39, 0.29) is 0 Å². The van der Waals surface area contributed by atoms with E-state index < -0.39 is 0 Å². The highest BCUT2D eigenvalue weighted by molar-refractivity contribution is 6.29. The Morgan fingerprint density at radius 1 is 1.53 bits per heavy atom. The number of piperidine rings is 1. The zero-order valence-corrected chi connectivity index (χ0v) is 13.0. The number of hydrogen-bond acceptors (Lipinski definition) is 3. The van der Waals surface area contributed by atoms with Gasteiger partial charge in [-0.1, -0.05) is 25.4 Å². The van der Waals surface area contributed by atoms with Crippen molar-refractivity contribution in [2.24, 2.45) is 13.0 Å². The summed E-state index contributed by atoms with van der Waals surface area (Å²) in [7, 11) is 1.98. The highest BCUT2D eigenvalue weighted by Crippen LogP contribution is 2.19. The second-order valence-electron chi connectivity index (χ2n) is 5.86.